The molecule has 3 rings (SSSR count). The third kappa shape index (κ3) is 2.54. The number of carbonyl (C=O) groups is 1. The molecule has 0 saturated heterocycles. The van der Waals surface area contributed by atoms with Crippen molar-refractivity contribution in [1.82, 2.24) is 9.59 Å². The summed E-state index contributed by atoms with van der Waals surface area (Å²) in [5, 5.41) is 12.8. The number of benzene rings is 1. The maximum absolute atomic E-state index is 10.9. The highest BCUT2D eigenvalue weighted by Gasteiger charge is 2.28. The van der Waals surface area contributed by atoms with Crippen molar-refractivity contribution in [2.24, 2.45) is 0 Å². The highest BCUT2D eigenvalue weighted by Crippen LogP contribution is 2.33. The standard InChI is InChI=1S/C12H9ClN2O4S/c13-11-8(14-15-20-11)5-18-7-2-1-6-3-10(12(16)17)19-9(6)4-7/h1-2,4,10H,3,5H2,(H,16,17). The molecule has 6 nitrogen and oxygen atoms in total. The number of aliphatic carboxylic acids is 1. The molecule has 2 aromatic rings. The molecule has 1 aromatic heterocycles. The van der Waals surface area contributed by atoms with E-state index in [1.165, 1.54) is 0 Å². The predicted octanol–water partition coefficient (Wildman–Crippen LogP) is 2.16. The number of rotatable bonds is 4. The topological polar surface area (TPSA) is 81.5 Å². The van der Waals surface area contributed by atoms with E-state index in [-0.39, 0.29) is 6.61 Å². The fraction of sp³-hybridized carbons (Fsp3) is 0.250. The van der Waals surface area contributed by atoms with Gasteiger partial charge in [-0.05, 0) is 11.6 Å². The third-order valence-electron chi connectivity index (χ3n) is 2.87. The molecule has 1 N–H and O–H groups in total. The predicted molar refractivity (Wildman–Crippen MR) is 71.4 cm³/mol. The maximum atomic E-state index is 10.9. The zero-order valence-corrected chi connectivity index (χ0v) is 11.6. The molecule has 104 valence electrons. The minimum atomic E-state index is -0.969. The molecule has 1 aliphatic heterocycles. The highest BCUT2D eigenvalue weighted by atomic mass is 35.5. The van der Waals surface area contributed by atoms with Crippen LogP contribution in [0.3, 0.4) is 0 Å². The molecular weight excluding hydrogens is 304 g/mol. The van der Waals surface area contributed by atoms with Crippen LogP contribution in [0.5, 0.6) is 11.5 Å². The van der Waals surface area contributed by atoms with Crippen molar-refractivity contribution in [1.29, 1.82) is 0 Å². The Morgan fingerprint density at radius 2 is 2.45 bits per heavy atom. The Bertz CT molecular complexity index is 661. The summed E-state index contributed by atoms with van der Waals surface area (Å²) in [5.74, 6) is 0.139. The van der Waals surface area contributed by atoms with E-state index < -0.39 is 12.1 Å². The van der Waals surface area contributed by atoms with Crippen molar-refractivity contribution in [2.45, 2.75) is 19.1 Å². The van der Waals surface area contributed by atoms with Gasteiger partial charge in [0.15, 0.2) is 6.10 Å². The number of hydrogen-bond donors (Lipinski definition) is 1. The minimum Gasteiger partial charge on any atom is -0.487 e. The fourth-order valence-electron chi connectivity index (χ4n) is 1.87. The second-order valence-corrected chi connectivity index (χ2v) is 5.56. The van der Waals surface area contributed by atoms with Crippen LogP contribution in [0.2, 0.25) is 4.34 Å². The van der Waals surface area contributed by atoms with Crippen molar-refractivity contribution in [3.8, 4) is 11.5 Å². The molecule has 0 aliphatic carbocycles. The van der Waals surface area contributed by atoms with Crippen molar-refractivity contribution < 1.29 is 19.4 Å². The van der Waals surface area contributed by atoms with Crippen LogP contribution in [0.1, 0.15) is 11.3 Å². The van der Waals surface area contributed by atoms with Gasteiger partial charge in [-0.15, -0.1) is 5.10 Å². The van der Waals surface area contributed by atoms with Gasteiger partial charge in [-0.1, -0.05) is 22.2 Å². The van der Waals surface area contributed by atoms with E-state index >= 15 is 0 Å². The van der Waals surface area contributed by atoms with Gasteiger partial charge in [0.2, 0.25) is 0 Å². The Morgan fingerprint density at radius 1 is 1.60 bits per heavy atom. The van der Waals surface area contributed by atoms with E-state index in [9.17, 15) is 4.79 Å². The second-order valence-electron chi connectivity index (χ2n) is 4.20. The van der Waals surface area contributed by atoms with Crippen molar-refractivity contribution >= 4 is 29.1 Å². The van der Waals surface area contributed by atoms with Crippen LogP contribution < -0.4 is 9.47 Å². The van der Waals surface area contributed by atoms with E-state index in [2.05, 4.69) is 9.59 Å². The first-order chi connectivity index (χ1) is 9.63. The number of ether oxygens (including phenoxy) is 2. The summed E-state index contributed by atoms with van der Waals surface area (Å²) >= 11 is 6.97. The number of halogens is 1. The number of aromatic nitrogens is 2. The molecular formula is C12H9ClN2O4S. The molecule has 1 aliphatic rings. The summed E-state index contributed by atoms with van der Waals surface area (Å²) in [6.07, 6.45) is -0.454. The number of hydrogen-bond acceptors (Lipinski definition) is 6. The summed E-state index contributed by atoms with van der Waals surface area (Å²) in [6.45, 7) is 0.205. The molecule has 0 bridgehead atoms. The zero-order valence-electron chi connectivity index (χ0n) is 10.1. The molecule has 1 aromatic carbocycles. The van der Waals surface area contributed by atoms with Gasteiger partial charge < -0.3 is 14.6 Å². The lowest BCUT2D eigenvalue weighted by Gasteiger charge is -2.07. The Labute approximate surface area is 123 Å². The second kappa shape index (κ2) is 5.26. The minimum absolute atomic E-state index is 0.205. The highest BCUT2D eigenvalue weighted by molar-refractivity contribution is 7.10. The molecule has 1 atom stereocenters. The van der Waals surface area contributed by atoms with E-state index in [0.29, 0.717) is 28.0 Å². The van der Waals surface area contributed by atoms with Crippen LogP contribution in [0.4, 0.5) is 0 Å². The molecule has 0 fully saturated rings. The third-order valence-corrected chi connectivity index (χ3v) is 3.86. The largest absolute Gasteiger partial charge is 0.487 e. The molecule has 0 radical (unpaired) electrons. The van der Waals surface area contributed by atoms with Crippen molar-refractivity contribution in [2.75, 3.05) is 0 Å². The lowest BCUT2D eigenvalue weighted by atomic mass is 10.1. The molecule has 0 amide bonds. The van der Waals surface area contributed by atoms with Crippen LogP contribution in [-0.2, 0) is 17.8 Å². The summed E-state index contributed by atoms with van der Waals surface area (Å²) < 4.78 is 15.1. The summed E-state index contributed by atoms with van der Waals surface area (Å²) in [5.41, 5.74) is 1.43. The molecule has 0 saturated carbocycles. The van der Waals surface area contributed by atoms with Gasteiger partial charge in [-0.2, -0.15) is 0 Å². The zero-order chi connectivity index (χ0) is 14.1. The monoisotopic (exact) mass is 312 g/mol. The fourth-order valence-corrected chi connectivity index (χ4v) is 2.47. The normalized spacial score (nSPS) is 16.6. The number of carboxylic acids is 1. The SMILES string of the molecule is O=C(O)C1Cc2ccc(OCc3nnsc3Cl)cc2O1. The molecule has 20 heavy (non-hydrogen) atoms. The smallest absolute Gasteiger partial charge is 0.345 e. The lowest BCUT2D eigenvalue weighted by molar-refractivity contribution is -0.144. The van der Waals surface area contributed by atoms with Gasteiger partial charge in [-0.3, -0.25) is 0 Å². The van der Waals surface area contributed by atoms with Gasteiger partial charge in [0.1, 0.15) is 28.1 Å². The van der Waals surface area contributed by atoms with Crippen molar-refractivity contribution in [3.05, 3.63) is 33.8 Å². The quantitative estimate of drug-likeness (QED) is 0.931. The molecule has 0 spiro atoms. The van der Waals surface area contributed by atoms with E-state index in [1.54, 1.807) is 18.2 Å². The van der Waals surface area contributed by atoms with Crippen LogP contribution in [0, 0.1) is 0 Å². The van der Waals surface area contributed by atoms with Crippen molar-refractivity contribution in [3.63, 3.8) is 0 Å². The maximum Gasteiger partial charge on any atom is 0.345 e. The van der Waals surface area contributed by atoms with Crippen LogP contribution >= 0.6 is 23.1 Å². The van der Waals surface area contributed by atoms with Gasteiger partial charge in [0.05, 0.1) is 0 Å². The van der Waals surface area contributed by atoms with E-state index in [0.717, 1.165) is 17.1 Å². The first-order valence-corrected chi connectivity index (χ1v) is 6.90. The molecule has 2 heterocycles. The average Bonchev–Trinajstić information content (AvgIpc) is 3.01. The molecule has 8 heteroatoms. The Hall–Kier alpha value is -1.86. The van der Waals surface area contributed by atoms with Gasteiger partial charge in [0, 0.05) is 24.0 Å². The number of nitrogens with zero attached hydrogens (tertiary/aromatic N) is 2. The van der Waals surface area contributed by atoms with E-state index in [4.69, 9.17) is 26.2 Å². The van der Waals surface area contributed by atoms with E-state index in [1.807, 2.05) is 0 Å². The molecule has 1 unspecified atom stereocenters. The summed E-state index contributed by atoms with van der Waals surface area (Å²) in [6, 6.07) is 5.24. The van der Waals surface area contributed by atoms with Gasteiger partial charge in [0.25, 0.3) is 0 Å². The van der Waals surface area contributed by atoms with Gasteiger partial charge in [-0.25, -0.2) is 4.79 Å². The Morgan fingerprint density at radius 3 is 3.15 bits per heavy atom. The van der Waals surface area contributed by atoms with Crippen LogP contribution in [-0.4, -0.2) is 26.8 Å². The Kier molecular flexibility index (Phi) is 3.45. The Balaban J connectivity index is 1.70. The number of carboxylic acid groups (broad SMARTS) is 1. The number of fused-ring (bicyclic) bond motifs is 1. The first-order valence-electron chi connectivity index (χ1n) is 5.75. The summed E-state index contributed by atoms with van der Waals surface area (Å²) in [7, 11) is 0. The average molecular weight is 313 g/mol. The lowest BCUT2D eigenvalue weighted by Crippen LogP contribution is -2.24. The van der Waals surface area contributed by atoms with Crippen LogP contribution in [0.25, 0.3) is 0 Å². The van der Waals surface area contributed by atoms with Crippen LogP contribution in [0.15, 0.2) is 18.2 Å². The first kappa shape index (κ1) is 13.1. The van der Waals surface area contributed by atoms with Gasteiger partial charge >= 0.3 is 5.97 Å². The summed E-state index contributed by atoms with van der Waals surface area (Å²) in [4.78, 5) is 10.9.